The highest BCUT2D eigenvalue weighted by molar-refractivity contribution is 5.78. The molecule has 0 heterocycles. The number of carbonyl (C=O) groups is 2. The fourth-order valence-electron chi connectivity index (χ4n) is 2.79. The van der Waals surface area contributed by atoms with Gasteiger partial charge in [0.2, 0.25) is 0 Å². The Morgan fingerprint density at radius 3 is 1.90 bits per heavy atom. The second kappa shape index (κ2) is 5.26. The summed E-state index contributed by atoms with van der Waals surface area (Å²) in [7, 11) is 0. The molecule has 0 spiro atoms. The third kappa shape index (κ3) is 3.64. The van der Waals surface area contributed by atoms with E-state index in [0.717, 1.165) is 6.42 Å². The molecule has 0 radical (unpaired) electrons. The Hall–Kier alpha value is -1.26. The Morgan fingerprint density at radius 1 is 1.15 bits per heavy atom. The molecule has 1 fully saturated rings. The Balaban J connectivity index is 2.92. The van der Waals surface area contributed by atoms with Crippen molar-refractivity contribution in [3.05, 3.63) is 0 Å². The lowest BCUT2D eigenvalue weighted by atomic mass is 9.58. The van der Waals surface area contributed by atoms with E-state index in [-0.39, 0.29) is 5.41 Å². The summed E-state index contributed by atoms with van der Waals surface area (Å²) < 4.78 is 5.26. The molecule has 1 atom stereocenters. The minimum Gasteiger partial charge on any atom is -0.481 e. The van der Waals surface area contributed by atoms with Crippen LogP contribution in [0.4, 0.5) is 4.79 Å². The van der Waals surface area contributed by atoms with Crippen molar-refractivity contribution in [1.29, 1.82) is 0 Å². The quantitative estimate of drug-likeness (QED) is 0.835. The van der Waals surface area contributed by atoms with Crippen molar-refractivity contribution in [1.82, 2.24) is 5.32 Å². The van der Waals surface area contributed by atoms with Gasteiger partial charge in [0.25, 0.3) is 0 Å². The van der Waals surface area contributed by atoms with Gasteiger partial charge < -0.3 is 15.2 Å². The molecule has 20 heavy (non-hydrogen) atoms. The summed E-state index contributed by atoms with van der Waals surface area (Å²) in [5.74, 6) is -0.834. The maximum atomic E-state index is 12.0. The third-order valence-corrected chi connectivity index (χ3v) is 3.75. The van der Waals surface area contributed by atoms with Gasteiger partial charge in [-0.2, -0.15) is 0 Å². The number of hydrogen-bond acceptors (Lipinski definition) is 3. The Morgan fingerprint density at radius 2 is 1.65 bits per heavy atom. The van der Waals surface area contributed by atoms with E-state index in [1.807, 2.05) is 20.8 Å². The molecule has 1 aliphatic rings. The van der Waals surface area contributed by atoms with Gasteiger partial charge in [0.15, 0.2) is 0 Å². The molecule has 0 aliphatic heterocycles. The Bertz CT molecular complexity index is 386. The number of aliphatic carboxylic acids is 1. The van der Waals surface area contributed by atoms with Crippen molar-refractivity contribution in [2.75, 3.05) is 0 Å². The lowest BCUT2D eigenvalue weighted by molar-refractivity contribution is -0.160. The molecule has 0 aromatic rings. The van der Waals surface area contributed by atoms with Gasteiger partial charge in [0.05, 0.1) is 11.5 Å². The zero-order valence-electron chi connectivity index (χ0n) is 13.4. The molecule has 2 N–H and O–H groups in total. The average Bonchev–Trinajstić information content (AvgIpc) is 2.08. The molecule has 0 bridgehead atoms. The number of carbonyl (C=O) groups excluding carboxylic acids is 1. The summed E-state index contributed by atoms with van der Waals surface area (Å²) in [5.41, 5.74) is -1.81. The zero-order valence-corrected chi connectivity index (χ0v) is 13.4. The summed E-state index contributed by atoms with van der Waals surface area (Å²) in [6.45, 7) is 11.2. The fraction of sp³-hybridized carbons (Fsp3) is 0.867. The second-order valence-electron chi connectivity index (χ2n) is 7.76. The number of nitrogens with one attached hydrogen (secondary N) is 1. The summed E-state index contributed by atoms with van der Waals surface area (Å²) in [4.78, 5) is 23.7. The van der Waals surface area contributed by atoms with Crippen molar-refractivity contribution in [3.8, 4) is 0 Å². The van der Waals surface area contributed by atoms with E-state index in [1.54, 1.807) is 20.8 Å². The first kappa shape index (κ1) is 16.8. The van der Waals surface area contributed by atoms with Crippen molar-refractivity contribution >= 4 is 12.1 Å². The predicted octanol–water partition coefficient (Wildman–Crippen LogP) is 3.18. The predicted molar refractivity (Wildman–Crippen MR) is 76.5 cm³/mol. The van der Waals surface area contributed by atoms with Crippen LogP contribution in [0.25, 0.3) is 0 Å². The monoisotopic (exact) mass is 285 g/mol. The summed E-state index contributed by atoms with van der Waals surface area (Å²) in [6, 6.07) is -0.448. The molecular formula is C15H27NO4. The van der Waals surface area contributed by atoms with Crippen molar-refractivity contribution in [2.24, 2.45) is 10.8 Å². The van der Waals surface area contributed by atoms with E-state index in [4.69, 9.17) is 4.74 Å². The molecule has 0 saturated heterocycles. The van der Waals surface area contributed by atoms with E-state index < -0.39 is 29.1 Å². The Labute approximate surface area is 121 Å². The number of ether oxygens (including phenoxy) is 1. The van der Waals surface area contributed by atoms with Crippen LogP contribution in [0.2, 0.25) is 0 Å². The van der Waals surface area contributed by atoms with Crippen molar-refractivity contribution in [3.63, 3.8) is 0 Å². The van der Waals surface area contributed by atoms with Crippen molar-refractivity contribution < 1.29 is 19.4 Å². The zero-order chi connectivity index (χ0) is 15.8. The second-order valence-corrected chi connectivity index (χ2v) is 7.76. The van der Waals surface area contributed by atoms with Gasteiger partial charge in [-0.05, 0) is 39.0 Å². The number of carboxylic acids is 1. The topological polar surface area (TPSA) is 75.6 Å². The van der Waals surface area contributed by atoms with Crippen LogP contribution in [-0.2, 0) is 9.53 Å². The maximum Gasteiger partial charge on any atom is 0.407 e. The molecule has 1 unspecified atom stereocenters. The minimum atomic E-state index is -0.866. The third-order valence-electron chi connectivity index (χ3n) is 3.75. The van der Waals surface area contributed by atoms with Gasteiger partial charge in [-0.15, -0.1) is 0 Å². The standard InChI is InChI=1S/C15H27NO4/c1-13(2,3)10(15(11(17)18)8-7-9-15)16-12(19)20-14(4,5)6/h10H,7-9H2,1-6H3,(H,16,19)(H,17,18). The average molecular weight is 285 g/mol. The minimum absolute atomic E-state index is 0.351. The maximum absolute atomic E-state index is 12.0. The molecule has 1 saturated carbocycles. The molecular weight excluding hydrogens is 258 g/mol. The van der Waals surface area contributed by atoms with Crippen LogP contribution < -0.4 is 5.32 Å². The van der Waals surface area contributed by atoms with Gasteiger partial charge in [-0.1, -0.05) is 27.2 Å². The van der Waals surface area contributed by atoms with E-state index >= 15 is 0 Å². The van der Waals surface area contributed by atoms with Gasteiger partial charge in [0.1, 0.15) is 5.60 Å². The first-order valence-electron chi connectivity index (χ1n) is 7.11. The summed E-state index contributed by atoms with van der Waals surface area (Å²) in [5, 5.41) is 12.4. The highest BCUT2D eigenvalue weighted by Crippen LogP contribution is 2.49. The molecule has 0 aromatic heterocycles. The van der Waals surface area contributed by atoms with E-state index in [0.29, 0.717) is 12.8 Å². The largest absolute Gasteiger partial charge is 0.481 e. The number of rotatable bonds is 3. The Kier molecular flexibility index (Phi) is 4.42. The summed E-state index contributed by atoms with van der Waals surface area (Å²) in [6.07, 6.45) is 1.53. The first-order valence-corrected chi connectivity index (χ1v) is 7.11. The van der Waals surface area contributed by atoms with Crippen LogP contribution in [0.15, 0.2) is 0 Å². The molecule has 1 amide bonds. The van der Waals surface area contributed by atoms with Crippen LogP contribution in [-0.4, -0.2) is 28.8 Å². The van der Waals surface area contributed by atoms with E-state index in [2.05, 4.69) is 5.32 Å². The lowest BCUT2D eigenvalue weighted by Gasteiger charge is -2.49. The number of amides is 1. The number of alkyl carbamates (subject to hydrolysis) is 1. The molecule has 0 aromatic carbocycles. The van der Waals surface area contributed by atoms with Crippen LogP contribution in [0.1, 0.15) is 60.8 Å². The summed E-state index contributed by atoms with van der Waals surface area (Å²) >= 11 is 0. The molecule has 116 valence electrons. The fourth-order valence-corrected chi connectivity index (χ4v) is 2.79. The normalized spacial score (nSPS) is 19.7. The first-order chi connectivity index (χ1) is 8.88. The molecule has 5 heteroatoms. The van der Waals surface area contributed by atoms with E-state index in [1.165, 1.54) is 0 Å². The van der Waals surface area contributed by atoms with Crippen LogP contribution in [0.3, 0.4) is 0 Å². The van der Waals surface area contributed by atoms with Gasteiger partial charge >= 0.3 is 12.1 Å². The highest BCUT2D eigenvalue weighted by atomic mass is 16.6. The molecule has 1 rings (SSSR count). The van der Waals surface area contributed by atoms with E-state index in [9.17, 15) is 14.7 Å². The highest BCUT2D eigenvalue weighted by Gasteiger charge is 2.55. The number of carboxylic acid groups (broad SMARTS) is 1. The van der Waals surface area contributed by atoms with Gasteiger partial charge in [-0.3, -0.25) is 4.79 Å². The van der Waals surface area contributed by atoms with Crippen LogP contribution in [0, 0.1) is 10.8 Å². The smallest absolute Gasteiger partial charge is 0.407 e. The molecule has 1 aliphatic carbocycles. The SMILES string of the molecule is CC(C)(C)OC(=O)NC(C(C)(C)C)C1(C(=O)O)CCC1. The van der Waals surface area contributed by atoms with Crippen molar-refractivity contribution in [2.45, 2.75) is 72.4 Å². The van der Waals surface area contributed by atoms with Gasteiger partial charge in [-0.25, -0.2) is 4.79 Å². The molecule has 5 nitrogen and oxygen atoms in total. The number of hydrogen-bond donors (Lipinski definition) is 2. The van der Waals surface area contributed by atoms with Crippen LogP contribution >= 0.6 is 0 Å². The van der Waals surface area contributed by atoms with Gasteiger partial charge in [0, 0.05) is 0 Å². The lowest BCUT2D eigenvalue weighted by Crippen LogP contribution is -2.61. The van der Waals surface area contributed by atoms with Crippen LogP contribution in [0.5, 0.6) is 0 Å².